The van der Waals surface area contributed by atoms with E-state index < -0.39 is 11.9 Å². The third kappa shape index (κ3) is 4.15. The van der Waals surface area contributed by atoms with Gasteiger partial charge in [0.05, 0.1) is 5.39 Å². The maximum absolute atomic E-state index is 12.8. The van der Waals surface area contributed by atoms with Gasteiger partial charge < -0.3 is 14.3 Å². The normalized spacial score (nSPS) is 12.9. The maximum atomic E-state index is 12.8. The summed E-state index contributed by atoms with van der Waals surface area (Å²) in [5.74, 6) is 0.361. The van der Waals surface area contributed by atoms with Crippen LogP contribution < -0.4 is 10.4 Å². The van der Waals surface area contributed by atoms with E-state index in [9.17, 15) is 9.90 Å². The predicted octanol–water partition coefficient (Wildman–Crippen LogP) is 6.44. The molecule has 0 bridgehead atoms. The molecule has 4 rings (SSSR count). The van der Waals surface area contributed by atoms with Gasteiger partial charge in [0.25, 0.3) is 0 Å². The Kier molecular flexibility index (Phi) is 5.83. The molecule has 0 saturated carbocycles. The van der Waals surface area contributed by atoms with Gasteiger partial charge in [-0.05, 0) is 53.1 Å². The summed E-state index contributed by atoms with van der Waals surface area (Å²) in [5, 5.41) is 13.0. The zero-order valence-corrected chi connectivity index (χ0v) is 19.4. The molecule has 1 atom stereocenters. The Balaban J connectivity index is 1.92. The summed E-state index contributed by atoms with van der Waals surface area (Å²) in [4.78, 5) is 12.8. The SMILES string of the molecule is CCc1ccc(C(O)Oc2cc(C(C)(C)C)cc3c2oc(=O)c2ccc(CC)cc23)cc1. The molecule has 0 aliphatic carbocycles. The number of hydrogen-bond donors (Lipinski definition) is 1. The Morgan fingerprint density at radius 2 is 1.53 bits per heavy atom. The molecule has 4 aromatic rings. The third-order valence-corrected chi connectivity index (χ3v) is 6.03. The van der Waals surface area contributed by atoms with Crippen LogP contribution in [0.3, 0.4) is 0 Å². The van der Waals surface area contributed by atoms with Crippen LogP contribution >= 0.6 is 0 Å². The summed E-state index contributed by atoms with van der Waals surface area (Å²) in [6, 6.07) is 17.4. The molecule has 0 spiro atoms. The van der Waals surface area contributed by atoms with Gasteiger partial charge in [-0.15, -0.1) is 0 Å². The van der Waals surface area contributed by atoms with Gasteiger partial charge in [0.2, 0.25) is 6.29 Å². The first-order valence-electron chi connectivity index (χ1n) is 11.2. The minimum atomic E-state index is -1.18. The van der Waals surface area contributed by atoms with Gasteiger partial charge in [-0.3, -0.25) is 0 Å². The first-order chi connectivity index (χ1) is 15.2. The molecular formula is C28H30O4. The molecule has 0 aliphatic heterocycles. The lowest BCUT2D eigenvalue weighted by atomic mass is 9.85. The van der Waals surface area contributed by atoms with Crippen molar-refractivity contribution in [3.63, 3.8) is 0 Å². The molecule has 0 fully saturated rings. The number of ether oxygens (including phenoxy) is 1. The van der Waals surface area contributed by atoms with E-state index in [2.05, 4.69) is 40.7 Å². The number of rotatable bonds is 5. The van der Waals surface area contributed by atoms with Gasteiger partial charge in [-0.2, -0.15) is 0 Å². The first-order valence-corrected chi connectivity index (χ1v) is 11.2. The van der Waals surface area contributed by atoms with Gasteiger partial charge in [0.1, 0.15) is 0 Å². The summed E-state index contributed by atoms with van der Waals surface area (Å²) in [6.45, 7) is 10.5. The molecule has 0 radical (unpaired) electrons. The van der Waals surface area contributed by atoms with E-state index in [-0.39, 0.29) is 5.41 Å². The highest BCUT2D eigenvalue weighted by atomic mass is 16.6. The van der Waals surface area contributed by atoms with Crippen LogP contribution in [0.15, 0.2) is 63.8 Å². The van der Waals surface area contributed by atoms with Crippen LogP contribution in [0.4, 0.5) is 0 Å². The fourth-order valence-corrected chi connectivity index (χ4v) is 3.89. The fourth-order valence-electron chi connectivity index (χ4n) is 3.89. The van der Waals surface area contributed by atoms with Gasteiger partial charge in [-0.25, -0.2) is 4.79 Å². The molecule has 1 unspecified atom stereocenters. The van der Waals surface area contributed by atoms with Crippen LogP contribution in [0.25, 0.3) is 21.7 Å². The quantitative estimate of drug-likeness (QED) is 0.225. The number of aliphatic hydroxyl groups is 1. The van der Waals surface area contributed by atoms with E-state index in [4.69, 9.17) is 9.15 Å². The van der Waals surface area contributed by atoms with E-state index in [1.807, 2.05) is 48.5 Å². The van der Waals surface area contributed by atoms with Gasteiger partial charge in [-0.1, -0.05) is 71.0 Å². The highest BCUT2D eigenvalue weighted by Crippen LogP contribution is 2.37. The molecule has 4 nitrogen and oxygen atoms in total. The van der Waals surface area contributed by atoms with E-state index in [0.29, 0.717) is 22.3 Å². The van der Waals surface area contributed by atoms with Gasteiger partial charge in [0.15, 0.2) is 11.3 Å². The number of benzene rings is 3. The van der Waals surface area contributed by atoms with E-state index in [1.165, 1.54) is 5.56 Å². The highest BCUT2D eigenvalue weighted by molar-refractivity contribution is 6.06. The molecule has 3 aromatic carbocycles. The lowest BCUT2D eigenvalue weighted by molar-refractivity contribution is -0.0191. The zero-order valence-electron chi connectivity index (χ0n) is 19.4. The molecule has 1 aromatic heterocycles. The zero-order chi connectivity index (χ0) is 23.0. The third-order valence-electron chi connectivity index (χ3n) is 6.03. The van der Waals surface area contributed by atoms with Crippen LogP contribution in [0.5, 0.6) is 5.75 Å². The second kappa shape index (κ2) is 8.44. The monoisotopic (exact) mass is 430 g/mol. The van der Waals surface area contributed by atoms with Crippen molar-refractivity contribution in [2.45, 2.75) is 59.2 Å². The molecule has 32 heavy (non-hydrogen) atoms. The second-order valence-corrected chi connectivity index (χ2v) is 9.29. The molecule has 4 heteroatoms. The standard InChI is InChI=1S/C28H30O4/c1-6-17-8-11-19(12-9-17)26(29)31-24-16-20(28(3,4)5)15-23-22-14-18(7-2)10-13-21(22)27(30)32-25(23)24/h8-16,26,29H,6-7H2,1-5H3. The average molecular weight is 431 g/mol. The van der Waals surface area contributed by atoms with Crippen LogP contribution in [-0.2, 0) is 18.3 Å². The van der Waals surface area contributed by atoms with Crippen molar-refractivity contribution >= 4 is 21.7 Å². The summed E-state index contributed by atoms with van der Waals surface area (Å²) >= 11 is 0. The Bertz CT molecular complexity index is 1320. The Hall–Kier alpha value is -3.11. The Morgan fingerprint density at radius 3 is 2.16 bits per heavy atom. The van der Waals surface area contributed by atoms with E-state index >= 15 is 0 Å². The van der Waals surface area contributed by atoms with Crippen LogP contribution in [0.2, 0.25) is 0 Å². The maximum Gasteiger partial charge on any atom is 0.344 e. The number of aliphatic hydroxyl groups excluding tert-OH is 1. The summed E-state index contributed by atoms with van der Waals surface area (Å²) in [7, 11) is 0. The average Bonchev–Trinajstić information content (AvgIpc) is 2.78. The van der Waals surface area contributed by atoms with E-state index in [0.717, 1.165) is 34.7 Å². The molecule has 0 saturated heterocycles. The lowest BCUT2D eigenvalue weighted by Gasteiger charge is -2.22. The lowest BCUT2D eigenvalue weighted by Crippen LogP contribution is -2.13. The molecule has 1 N–H and O–H groups in total. The Labute approximate surface area is 188 Å². The van der Waals surface area contributed by atoms with Gasteiger partial charge in [0, 0.05) is 16.3 Å². The van der Waals surface area contributed by atoms with Crippen molar-refractivity contribution in [3.8, 4) is 5.75 Å². The minimum absolute atomic E-state index is 0.162. The Morgan fingerprint density at radius 1 is 0.875 bits per heavy atom. The first kappa shape index (κ1) is 22.1. The van der Waals surface area contributed by atoms with Crippen LogP contribution in [0.1, 0.15) is 63.2 Å². The molecular weight excluding hydrogens is 400 g/mol. The van der Waals surface area contributed by atoms with Crippen LogP contribution in [0, 0.1) is 0 Å². The van der Waals surface area contributed by atoms with Crippen molar-refractivity contribution in [1.82, 2.24) is 0 Å². The second-order valence-electron chi connectivity index (χ2n) is 9.29. The largest absolute Gasteiger partial charge is 0.457 e. The van der Waals surface area contributed by atoms with Crippen molar-refractivity contribution in [2.24, 2.45) is 0 Å². The molecule has 0 aliphatic rings. The smallest absolute Gasteiger partial charge is 0.344 e. The van der Waals surface area contributed by atoms with Crippen LogP contribution in [-0.4, -0.2) is 5.11 Å². The molecule has 166 valence electrons. The number of fused-ring (bicyclic) bond motifs is 3. The minimum Gasteiger partial charge on any atom is -0.457 e. The summed E-state index contributed by atoms with van der Waals surface area (Å²) in [5.41, 5.74) is 3.79. The molecule has 1 heterocycles. The highest BCUT2D eigenvalue weighted by Gasteiger charge is 2.22. The van der Waals surface area contributed by atoms with Crippen molar-refractivity contribution in [3.05, 3.63) is 87.3 Å². The van der Waals surface area contributed by atoms with Crippen molar-refractivity contribution in [2.75, 3.05) is 0 Å². The summed E-state index contributed by atoms with van der Waals surface area (Å²) in [6.07, 6.45) is 0.613. The van der Waals surface area contributed by atoms with Crippen molar-refractivity contribution < 1.29 is 14.3 Å². The number of hydrogen-bond acceptors (Lipinski definition) is 4. The van der Waals surface area contributed by atoms with Gasteiger partial charge >= 0.3 is 5.63 Å². The van der Waals surface area contributed by atoms with E-state index in [1.54, 1.807) is 0 Å². The summed E-state index contributed by atoms with van der Waals surface area (Å²) < 4.78 is 11.7. The topological polar surface area (TPSA) is 59.7 Å². The fraction of sp³-hybridized carbons (Fsp3) is 0.321. The molecule has 0 amide bonds. The van der Waals surface area contributed by atoms with Crippen molar-refractivity contribution in [1.29, 1.82) is 0 Å². The predicted molar refractivity (Wildman–Crippen MR) is 129 cm³/mol. The number of aryl methyl sites for hydroxylation is 2.